The van der Waals surface area contributed by atoms with Crippen LogP contribution in [0.5, 0.6) is 11.5 Å². The minimum Gasteiger partial charge on any atom is -0.427 e. The topological polar surface area (TPSA) is 55.8 Å². The number of ether oxygens (including phenoxy) is 2. The third kappa shape index (κ3) is 3.02. The monoisotopic (exact) mass is 365 g/mol. The van der Waals surface area contributed by atoms with Crippen LogP contribution >= 0.6 is 0 Å². The predicted octanol–water partition coefficient (Wildman–Crippen LogP) is 3.60. The van der Waals surface area contributed by atoms with Crippen molar-refractivity contribution in [1.82, 2.24) is 4.90 Å². The number of carbonyl (C=O) groups excluding carboxylic acids is 2. The normalized spacial score (nSPS) is 23.2. The highest BCUT2D eigenvalue weighted by Crippen LogP contribution is 2.50. The molecule has 3 aliphatic rings. The molecule has 0 aromatic heterocycles. The van der Waals surface area contributed by atoms with Crippen LogP contribution in [0.3, 0.4) is 0 Å². The second-order valence-corrected chi connectivity index (χ2v) is 7.44. The molecule has 0 fully saturated rings. The number of hydrogen-bond donors (Lipinski definition) is 0. The summed E-state index contributed by atoms with van der Waals surface area (Å²) < 4.78 is 10.7. The van der Waals surface area contributed by atoms with E-state index in [1.165, 1.54) is 36.1 Å². The lowest BCUT2D eigenvalue weighted by atomic mass is 9.79. The SMILES string of the molecule is CC(=O)Oc1ccc2c(c1)[C@H]1c3cc(OC(C)=O)ccc3[C@@H](C2)N(C)[C@@H]1C. The summed E-state index contributed by atoms with van der Waals surface area (Å²) in [5, 5.41) is 0. The van der Waals surface area contributed by atoms with Crippen molar-refractivity contribution < 1.29 is 19.1 Å². The molecule has 5 heteroatoms. The molecule has 3 atom stereocenters. The van der Waals surface area contributed by atoms with Crippen molar-refractivity contribution in [2.75, 3.05) is 7.05 Å². The molecule has 0 saturated heterocycles. The molecule has 0 radical (unpaired) electrons. The van der Waals surface area contributed by atoms with E-state index in [4.69, 9.17) is 9.47 Å². The van der Waals surface area contributed by atoms with E-state index >= 15 is 0 Å². The summed E-state index contributed by atoms with van der Waals surface area (Å²) in [4.78, 5) is 25.2. The summed E-state index contributed by atoms with van der Waals surface area (Å²) in [6.07, 6.45) is 0.896. The van der Waals surface area contributed by atoms with Crippen LogP contribution in [0.2, 0.25) is 0 Å². The minimum absolute atomic E-state index is 0.116. The molecule has 2 bridgehead atoms. The highest BCUT2D eigenvalue weighted by molar-refractivity contribution is 5.70. The Morgan fingerprint density at radius 3 is 2.15 bits per heavy atom. The van der Waals surface area contributed by atoms with E-state index < -0.39 is 0 Å². The Kier molecular flexibility index (Phi) is 4.27. The van der Waals surface area contributed by atoms with Gasteiger partial charge in [0.1, 0.15) is 11.5 Å². The van der Waals surface area contributed by atoms with Gasteiger partial charge in [0.15, 0.2) is 0 Å². The first-order chi connectivity index (χ1) is 12.8. The summed E-state index contributed by atoms with van der Waals surface area (Å²) in [6.45, 7) is 5.04. The molecule has 0 saturated carbocycles. The van der Waals surface area contributed by atoms with Gasteiger partial charge in [0.2, 0.25) is 0 Å². The number of hydrogen-bond acceptors (Lipinski definition) is 5. The van der Waals surface area contributed by atoms with Crippen LogP contribution in [-0.4, -0.2) is 29.9 Å². The van der Waals surface area contributed by atoms with Crippen LogP contribution in [-0.2, 0) is 16.0 Å². The molecule has 0 amide bonds. The van der Waals surface area contributed by atoms with Gasteiger partial charge in [0.05, 0.1) is 0 Å². The molecule has 140 valence electrons. The lowest BCUT2D eigenvalue weighted by molar-refractivity contribution is -0.132. The summed E-state index contributed by atoms with van der Waals surface area (Å²) in [5.74, 6) is 0.609. The van der Waals surface area contributed by atoms with Gasteiger partial charge in [-0.05, 0) is 66.9 Å². The molecule has 0 unspecified atom stereocenters. The summed E-state index contributed by atoms with van der Waals surface area (Å²) in [6, 6.07) is 12.4. The second-order valence-electron chi connectivity index (χ2n) is 7.44. The van der Waals surface area contributed by atoms with E-state index in [1.807, 2.05) is 24.3 Å². The quantitative estimate of drug-likeness (QED) is 0.601. The van der Waals surface area contributed by atoms with Crippen LogP contribution < -0.4 is 9.47 Å². The Balaban J connectivity index is 1.87. The maximum Gasteiger partial charge on any atom is 0.308 e. The largest absolute Gasteiger partial charge is 0.427 e. The average molecular weight is 365 g/mol. The van der Waals surface area contributed by atoms with Crippen LogP contribution in [0.4, 0.5) is 0 Å². The number of benzene rings is 2. The summed E-state index contributed by atoms with van der Waals surface area (Å²) in [7, 11) is 2.16. The fraction of sp³-hybridized carbons (Fsp3) is 0.364. The van der Waals surface area contributed by atoms with Gasteiger partial charge in [-0.3, -0.25) is 14.5 Å². The third-order valence-corrected chi connectivity index (χ3v) is 5.76. The number of carbonyl (C=O) groups is 2. The fourth-order valence-corrected chi connectivity index (χ4v) is 4.52. The third-order valence-electron chi connectivity index (χ3n) is 5.76. The van der Waals surface area contributed by atoms with Crippen molar-refractivity contribution in [2.24, 2.45) is 0 Å². The molecule has 5 rings (SSSR count). The Morgan fingerprint density at radius 1 is 0.926 bits per heavy atom. The molecular weight excluding hydrogens is 342 g/mol. The number of rotatable bonds is 2. The van der Waals surface area contributed by atoms with E-state index in [1.54, 1.807) is 0 Å². The molecule has 5 nitrogen and oxygen atoms in total. The van der Waals surface area contributed by atoms with Crippen molar-refractivity contribution in [3.63, 3.8) is 0 Å². The average Bonchev–Trinajstić information content (AvgIpc) is 2.79. The zero-order valence-corrected chi connectivity index (χ0v) is 16.0. The van der Waals surface area contributed by atoms with E-state index in [2.05, 4.69) is 31.0 Å². The van der Waals surface area contributed by atoms with Gasteiger partial charge in [-0.15, -0.1) is 0 Å². The molecule has 2 aromatic rings. The Hall–Kier alpha value is -2.66. The lowest BCUT2D eigenvalue weighted by Crippen LogP contribution is -2.41. The van der Waals surface area contributed by atoms with E-state index in [0.717, 1.165) is 6.42 Å². The Morgan fingerprint density at radius 2 is 1.52 bits per heavy atom. The lowest BCUT2D eigenvalue weighted by Gasteiger charge is -2.42. The molecular formula is C22H23NO4. The van der Waals surface area contributed by atoms with Gasteiger partial charge in [-0.1, -0.05) is 12.1 Å². The standard InChI is InChI=1S/C22H23NO4/c1-12-22-19-10-16(26-13(2)24)6-5-15(19)9-21(23(12)4)18-8-7-17(11-20(18)22)27-14(3)25/h5-8,10-12,21-22H,9H2,1-4H3/t12-,21-,22+/m1/s1. The molecule has 2 aliphatic heterocycles. The zero-order valence-electron chi connectivity index (χ0n) is 16.0. The molecule has 0 spiro atoms. The predicted molar refractivity (Wildman–Crippen MR) is 101 cm³/mol. The minimum atomic E-state index is -0.324. The first kappa shape index (κ1) is 17.7. The second kappa shape index (κ2) is 6.50. The van der Waals surface area contributed by atoms with E-state index in [-0.39, 0.29) is 29.9 Å². The molecule has 2 heterocycles. The van der Waals surface area contributed by atoms with Gasteiger partial charge >= 0.3 is 11.9 Å². The smallest absolute Gasteiger partial charge is 0.308 e. The van der Waals surface area contributed by atoms with Gasteiger partial charge < -0.3 is 9.47 Å². The molecule has 0 N–H and O–H groups in total. The molecule has 27 heavy (non-hydrogen) atoms. The maximum atomic E-state index is 11.4. The van der Waals surface area contributed by atoms with E-state index in [0.29, 0.717) is 11.5 Å². The summed E-state index contributed by atoms with van der Waals surface area (Å²) in [5.41, 5.74) is 4.89. The van der Waals surface area contributed by atoms with Crippen molar-refractivity contribution in [2.45, 2.75) is 45.2 Å². The van der Waals surface area contributed by atoms with Gasteiger partial charge in [-0.25, -0.2) is 0 Å². The highest BCUT2D eigenvalue weighted by atomic mass is 16.5. The van der Waals surface area contributed by atoms with Crippen molar-refractivity contribution in [3.8, 4) is 11.5 Å². The van der Waals surface area contributed by atoms with Gasteiger partial charge in [0, 0.05) is 31.8 Å². The van der Waals surface area contributed by atoms with E-state index in [9.17, 15) is 9.59 Å². The molecule has 2 aromatic carbocycles. The summed E-state index contributed by atoms with van der Waals surface area (Å²) >= 11 is 0. The van der Waals surface area contributed by atoms with Crippen LogP contribution in [0, 0.1) is 0 Å². The van der Waals surface area contributed by atoms with Crippen LogP contribution in [0.1, 0.15) is 55.0 Å². The first-order valence-corrected chi connectivity index (χ1v) is 9.20. The number of esters is 2. The van der Waals surface area contributed by atoms with Crippen LogP contribution in [0.25, 0.3) is 0 Å². The van der Waals surface area contributed by atoms with Crippen molar-refractivity contribution in [3.05, 3.63) is 58.7 Å². The number of likely N-dealkylation sites (N-methyl/N-ethyl adjacent to an activating group) is 1. The van der Waals surface area contributed by atoms with Crippen molar-refractivity contribution in [1.29, 1.82) is 0 Å². The first-order valence-electron chi connectivity index (χ1n) is 9.20. The van der Waals surface area contributed by atoms with Gasteiger partial charge in [0.25, 0.3) is 0 Å². The number of fused-ring (bicyclic) bond motifs is 1. The van der Waals surface area contributed by atoms with Crippen LogP contribution in [0.15, 0.2) is 36.4 Å². The molecule has 1 aliphatic carbocycles. The zero-order chi connectivity index (χ0) is 19.3. The maximum absolute atomic E-state index is 11.4. The Labute approximate surface area is 158 Å². The Bertz CT molecular complexity index is 936. The number of nitrogens with zero attached hydrogens (tertiary/aromatic N) is 1. The van der Waals surface area contributed by atoms with Crippen molar-refractivity contribution >= 4 is 11.9 Å². The fourth-order valence-electron chi connectivity index (χ4n) is 4.52. The highest BCUT2D eigenvalue weighted by Gasteiger charge is 2.42. The van der Waals surface area contributed by atoms with Gasteiger partial charge in [-0.2, -0.15) is 0 Å².